The summed E-state index contributed by atoms with van der Waals surface area (Å²) in [5.41, 5.74) is 2.17. The first-order chi connectivity index (χ1) is 10.6. The van der Waals surface area contributed by atoms with Crippen molar-refractivity contribution in [1.29, 1.82) is 0 Å². The molecule has 120 valence electrons. The maximum Gasteiger partial charge on any atom is 0.387 e. The predicted molar refractivity (Wildman–Crippen MR) is 80.0 cm³/mol. The highest BCUT2D eigenvalue weighted by Crippen LogP contribution is 2.15. The van der Waals surface area contributed by atoms with Gasteiger partial charge >= 0.3 is 6.61 Å². The van der Waals surface area contributed by atoms with Crippen LogP contribution in [0.3, 0.4) is 0 Å². The van der Waals surface area contributed by atoms with E-state index in [9.17, 15) is 13.6 Å². The Morgan fingerprint density at radius 2 is 2.09 bits per heavy atom. The van der Waals surface area contributed by atoms with Gasteiger partial charge in [-0.05, 0) is 37.1 Å². The van der Waals surface area contributed by atoms with Crippen LogP contribution >= 0.6 is 0 Å². The Morgan fingerprint density at radius 3 is 2.73 bits per heavy atom. The fraction of sp³-hybridized carbons (Fsp3) is 0.438. The topological polar surface area (TPSA) is 50.4 Å². The van der Waals surface area contributed by atoms with Crippen LogP contribution in [0.25, 0.3) is 0 Å². The number of hydrogen-bond acceptors (Lipinski definition) is 3. The van der Waals surface area contributed by atoms with Crippen molar-refractivity contribution in [2.24, 2.45) is 0 Å². The van der Waals surface area contributed by atoms with Crippen LogP contribution in [-0.4, -0.2) is 32.2 Å². The zero-order chi connectivity index (χ0) is 15.8. The molecule has 0 bridgehead atoms. The summed E-state index contributed by atoms with van der Waals surface area (Å²) in [5.74, 6) is 0.119. The van der Waals surface area contributed by atoms with Crippen molar-refractivity contribution in [2.45, 2.75) is 25.9 Å². The Labute approximate surface area is 128 Å². The molecule has 0 atom stereocenters. The minimum Gasteiger partial charge on any atom is -0.435 e. The number of benzene rings is 1. The Balaban J connectivity index is 1.70. The van der Waals surface area contributed by atoms with Crippen LogP contribution < -0.4 is 15.4 Å². The minimum absolute atomic E-state index is 0.00709. The molecule has 4 nitrogen and oxygen atoms in total. The van der Waals surface area contributed by atoms with Crippen molar-refractivity contribution >= 4 is 5.91 Å². The molecule has 0 aliphatic carbocycles. The van der Waals surface area contributed by atoms with E-state index in [1.165, 1.54) is 17.7 Å². The molecule has 1 aromatic carbocycles. The molecule has 2 rings (SSSR count). The van der Waals surface area contributed by atoms with Gasteiger partial charge < -0.3 is 15.4 Å². The Bertz CT molecular complexity index is 515. The van der Waals surface area contributed by atoms with Gasteiger partial charge in [0.2, 0.25) is 5.91 Å². The lowest BCUT2D eigenvalue weighted by Gasteiger charge is -2.14. The second-order valence-corrected chi connectivity index (χ2v) is 5.12. The summed E-state index contributed by atoms with van der Waals surface area (Å²) in [6.45, 7) is -0.407. The van der Waals surface area contributed by atoms with Crippen LogP contribution in [0.2, 0.25) is 0 Å². The summed E-state index contributed by atoms with van der Waals surface area (Å²) in [6.07, 6.45) is 4.01. The monoisotopic (exact) mass is 310 g/mol. The minimum atomic E-state index is -2.82. The van der Waals surface area contributed by atoms with Gasteiger partial charge in [0, 0.05) is 19.5 Å². The summed E-state index contributed by atoms with van der Waals surface area (Å²) in [7, 11) is 0. The summed E-state index contributed by atoms with van der Waals surface area (Å²) < 4.78 is 28.3. The zero-order valence-corrected chi connectivity index (χ0v) is 12.3. The van der Waals surface area contributed by atoms with Crippen molar-refractivity contribution < 1.29 is 18.3 Å². The van der Waals surface area contributed by atoms with E-state index < -0.39 is 6.61 Å². The molecule has 2 N–H and O–H groups in total. The normalized spacial score (nSPS) is 14.6. The average molecular weight is 310 g/mol. The number of carbonyl (C=O) groups excluding carboxylic acids is 1. The smallest absolute Gasteiger partial charge is 0.387 e. The molecule has 0 fully saturated rings. The lowest BCUT2D eigenvalue weighted by Crippen LogP contribution is -2.29. The maximum absolute atomic E-state index is 12.0. The van der Waals surface area contributed by atoms with E-state index in [2.05, 4.69) is 21.4 Å². The standard InChI is InChI=1S/C16H20F2N2O2/c17-16(18)22-14-4-1-12(2-5-14)3-6-15(21)20-11-13-7-9-19-10-8-13/h1-2,4-5,7,16,19H,3,6,8-11H2,(H,20,21). The van der Waals surface area contributed by atoms with E-state index in [4.69, 9.17) is 0 Å². The maximum atomic E-state index is 12.0. The molecule has 6 heteroatoms. The first kappa shape index (κ1) is 16.4. The van der Waals surface area contributed by atoms with Gasteiger partial charge in [-0.1, -0.05) is 23.8 Å². The highest BCUT2D eigenvalue weighted by atomic mass is 19.3. The third-order valence-corrected chi connectivity index (χ3v) is 3.46. The van der Waals surface area contributed by atoms with Crippen molar-refractivity contribution in [3.8, 4) is 5.75 Å². The zero-order valence-electron chi connectivity index (χ0n) is 12.3. The third-order valence-electron chi connectivity index (χ3n) is 3.46. The third kappa shape index (κ3) is 5.81. The Hall–Kier alpha value is -1.95. The molecule has 1 aromatic rings. The van der Waals surface area contributed by atoms with Gasteiger partial charge in [-0.25, -0.2) is 0 Å². The number of ether oxygens (including phenoxy) is 1. The largest absolute Gasteiger partial charge is 0.435 e. The molecule has 1 aliphatic heterocycles. The molecule has 1 aliphatic rings. The Morgan fingerprint density at radius 1 is 1.32 bits per heavy atom. The highest BCUT2D eigenvalue weighted by Gasteiger charge is 2.07. The fourth-order valence-corrected chi connectivity index (χ4v) is 2.23. The molecular formula is C16H20F2N2O2. The number of halogens is 2. The van der Waals surface area contributed by atoms with Gasteiger partial charge in [-0.2, -0.15) is 8.78 Å². The number of carbonyl (C=O) groups is 1. The van der Waals surface area contributed by atoms with Crippen LogP contribution in [0.15, 0.2) is 35.9 Å². The molecule has 0 unspecified atom stereocenters. The average Bonchev–Trinajstić information content (AvgIpc) is 2.53. The number of hydrogen-bond donors (Lipinski definition) is 2. The molecular weight excluding hydrogens is 290 g/mol. The van der Waals surface area contributed by atoms with Crippen molar-refractivity contribution in [2.75, 3.05) is 19.6 Å². The molecule has 1 amide bonds. The van der Waals surface area contributed by atoms with Crippen molar-refractivity contribution in [3.05, 3.63) is 41.5 Å². The molecule has 22 heavy (non-hydrogen) atoms. The molecule has 0 radical (unpaired) electrons. The molecule has 0 spiro atoms. The number of alkyl halides is 2. The first-order valence-corrected chi connectivity index (χ1v) is 7.32. The summed E-state index contributed by atoms with van der Waals surface area (Å²) in [5, 5.41) is 6.12. The second-order valence-electron chi connectivity index (χ2n) is 5.12. The SMILES string of the molecule is O=C(CCc1ccc(OC(F)F)cc1)NCC1=CCNCC1. The van der Waals surface area contributed by atoms with E-state index >= 15 is 0 Å². The van der Waals surface area contributed by atoms with E-state index in [0.29, 0.717) is 19.4 Å². The van der Waals surface area contributed by atoms with Crippen LogP contribution in [0, 0.1) is 0 Å². The molecule has 0 aromatic heterocycles. The summed E-state index contributed by atoms with van der Waals surface area (Å²) in [4.78, 5) is 11.8. The van der Waals surface area contributed by atoms with E-state index in [1.54, 1.807) is 12.1 Å². The van der Waals surface area contributed by atoms with Gasteiger partial charge in [-0.3, -0.25) is 4.79 Å². The highest BCUT2D eigenvalue weighted by molar-refractivity contribution is 5.76. The number of aryl methyl sites for hydroxylation is 1. The lowest BCUT2D eigenvalue weighted by molar-refractivity contribution is -0.120. The van der Waals surface area contributed by atoms with Crippen molar-refractivity contribution in [1.82, 2.24) is 10.6 Å². The van der Waals surface area contributed by atoms with Crippen LogP contribution in [0.1, 0.15) is 18.4 Å². The molecule has 0 saturated heterocycles. The predicted octanol–water partition coefficient (Wildman–Crippen LogP) is 2.26. The van der Waals surface area contributed by atoms with Crippen LogP contribution in [-0.2, 0) is 11.2 Å². The lowest BCUT2D eigenvalue weighted by atomic mass is 10.1. The quantitative estimate of drug-likeness (QED) is 0.760. The summed E-state index contributed by atoms with van der Waals surface area (Å²) in [6, 6.07) is 6.36. The van der Waals surface area contributed by atoms with Gasteiger partial charge in [-0.15, -0.1) is 0 Å². The van der Waals surface area contributed by atoms with E-state index in [1.807, 2.05) is 0 Å². The van der Waals surface area contributed by atoms with E-state index in [-0.39, 0.29) is 11.7 Å². The van der Waals surface area contributed by atoms with Crippen LogP contribution in [0.4, 0.5) is 8.78 Å². The van der Waals surface area contributed by atoms with Crippen LogP contribution in [0.5, 0.6) is 5.75 Å². The number of amides is 1. The van der Waals surface area contributed by atoms with Gasteiger partial charge in [0.1, 0.15) is 5.75 Å². The molecule has 1 heterocycles. The fourth-order valence-electron chi connectivity index (χ4n) is 2.23. The van der Waals surface area contributed by atoms with Gasteiger partial charge in [0.25, 0.3) is 0 Å². The second kappa shape index (κ2) is 8.48. The van der Waals surface area contributed by atoms with Gasteiger partial charge in [0.15, 0.2) is 0 Å². The Kier molecular flexibility index (Phi) is 6.33. The summed E-state index contributed by atoms with van der Waals surface area (Å²) >= 11 is 0. The van der Waals surface area contributed by atoms with Gasteiger partial charge in [0.05, 0.1) is 0 Å². The number of rotatable bonds is 7. The van der Waals surface area contributed by atoms with Crippen molar-refractivity contribution in [3.63, 3.8) is 0 Å². The van der Waals surface area contributed by atoms with E-state index in [0.717, 1.165) is 25.1 Å². The first-order valence-electron chi connectivity index (χ1n) is 7.32. The molecule has 0 saturated carbocycles. The number of nitrogens with one attached hydrogen (secondary N) is 2.